The first kappa shape index (κ1) is 25.7. The largest absolute Gasteiger partial charge is 0.491 e. The summed E-state index contributed by atoms with van der Waals surface area (Å²) in [6, 6.07) is 17.5. The molecule has 7 heteroatoms. The van der Waals surface area contributed by atoms with Gasteiger partial charge in [0, 0.05) is 11.1 Å². The highest BCUT2D eigenvalue weighted by Gasteiger charge is 2.20. The van der Waals surface area contributed by atoms with Gasteiger partial charge in [-0.2, -0.15) is 8.78 Å². The molecule has 0 saturated heterocycles. The number of hydrogen-bond donors (Lipinski definition) is 0. The van der Waals surface area contributed by atoms with Crippen LogP contribution in [-0.2, 0) is 0 Å². The Morgan fingerprint density at radius 3 is 1.76 bits per heavy atom. The van der Waals surface area contributed by atoms with Crippen molar-refractivity contribution in [3.63, 3.8) is 0 Å². The lowest BCUT2D eigenvalue weighted by molar-refractivity contribution is 0.0726. The van der Waals surface area contributed by atoms with E-state index in [2.05, 4.69) is 0 Å². The lowest BCUT2D eigenvalue weighted by Crippen LogP contribution is -2.10. The Morgan fingerprint density at radius 2 is 1.22 bits per heavy atom. The van der Waals surface area contributed by atoms with Crippen molar-refractivity contribution in [1.29, 1.82) is 0 Å². The van der Waals surface area contributed by atoms with Crippen molar-refractivity contribution in [3.05, 3.63) is 113 Å². The molecule has 0 fully saturated rings. The Morgan fingerprint density at radius 1 is 0.703 bits per heavy atom. The molecular formula is C30H22F4O3. The quantitative estimate of drug-likeness (QED) is 0.144. The average molecular weight is 506 g/mol. The molecule has 0 saturated carbocycles. The summed E-state index contributed by atoms with van der Waals surface area (Å²) in [6.07, 6.45) is 3.74. The maximum absolute atomic E-state index is 14.8. The fourth-order valence-corrected chi connectivity index (χ4v) is 3.77. The van der Waals surface area contributed by atoms with Crippen molar-refractivity contribution in [2.24, 2.45) is 0 Å². The Balaban J connectivity index is 1.52. The number of ether oxygens (including phenoxy) is 2. The van der Waals surface area contributed by atoms with Crippen molar-refractivity contribution in [2.45, 2.75) is 13.8 Å². The van der Waals surface area contributed by atoms with Crippen LogP contribution in [0.2, 0.25) is 0 Å². The Hall–Kier alpha value is -4.39. The second kappa shape index (κ2) is 11.1. The van der Waals surface area contributed by atoms with Crippen molar-refractivity contribution < 1.29 is 31.8 Å². The van der Waals surface area contributed by atoms with Gasteiger partial charge >= 0.3 is 5.97 Å². The number of halogens is 4. The molecule has 0 amide bonds. The van der Waals surface area contributed by atoms with E-state index < -0.39 is 35.0 Å². The maximum Gasteiger partial charge on any atom is 0.343 e. The molecule has 0 spiro atoms. The van der Waals surface area contributed by atoms with Gasteiger partial charge < -0.3 is 9.47 Å². The van der Waals surface area contributed by atoms with E-state index in [1.165, 1.54) is 48.5 Å². The van der Waals surface area contributed by atoms with Crippen LogP contribution in [0.1, 0.15) is 29.8 Å². The van der Waals surface area contributed by atoms with Crippen LogP contribution in [0.3, 0.4) is 0 Å². The van der Waals surface area contributed by atoms with Gasteiger partial charge in [-0.05, 0) is 66.9 Å². The molecule has 0 bridgehead atoms. The Kier molecular flexibility index (Phi) is 7.72. The minimum atomic E-state index is -1.30. The third-order valence-corrected chi connectivity index (χ3v) is 5.61. The number of esters is 1. The number of carbonyl (C=O) groups is 1. The van der Waals surface area contributed by atoms with Crippen molar-refractivity contribution in [3.8, 4) is 33.8 Å². The van der Waals surface area contributed by atoms with E-state index >= 15 is 0 Å². The fraction of sp³-hybridized carbons (Fsp3) is 0.100. The molecule has 4 rings (SSSR count). The minimum Gasteiger partial charge on any atom is -0.491 e. The van der Waals surface area contributed by atoms with Crippen LogP contribution in [0.5, 0.6) is 11.5 Å². The lowest BCUT2D eigenvalue weighted by atomic mass is 10.0. The summed E-state index contributed by atoms with van der Waals surface area (Å²) in [5.74, 6) is -6.35. The number of hydrogen-bond acceptors (Lipinski definition) is 3. The SMILES string of the molecule is CC=Cc1ccc(-c2ccc(OC(=O)c3ccc(-c4ccc(OCC)c(F)c4F)cc3)c(F)c2F)cc1. The third kappa shape index (κ3) is 5.40. The summed E-state index contributed by atoms with van der Waals surface area (Å²) in [6.45, 7) is 3.71. The zero-order valence-corrected chi connectivity index (χ0v) is 20.0. The first-order valence-corrected chi connectivity index (χ1v) is 11.5. The standard InChI is InChI=1S/C30H22F4O3/c1-3-5-18-6-8-19(9-7-18)23-15-17-25(29(34)27(23)32)37-30(35)21-12-10-20(11-13-21)22-14-16-24(36-4-2)28(33)26(22)31/h3,5-17H,4H2,1-2H3. The van der Waals surface area contributed by atoms with E-state index in [0.717, 1.165) is 5.56 Å². The van der Waals surface area contributed by atoms with Gasteiger partial charge in [-0.3, -0.25) is 0 Å². The van der Waals surface area contributed by atoms with Crippen LogP contribution >= 0.6 is 0 Å². The molecule has 0 aliphatic heterocycles. The summed E-state index contributed by atoms with van der Waals surface area (Å²) in [4.78, 5) is 12.5. The monoisotopic (exact) mass is 506 g/mol. The maximum atomic E-state index is 14.8. The Bertz CT molecular complexity index is 1460. The lowest BCUT2D eigenvalue weighted by Gasteiger charge is -2.11. The molecule has 0 aromatic heterocycles. The van der Waals surface area contributed by atoms with Gasteiger partial charge in [0.25, 0.3) is 0 Å². The number of allylic oxidation sites excluding steroid dienone is 1. The summed E-state index contributed by atoms with van der Waals surface area (Å²) in [7, 11) is 0. The predicted molar refractivity (Wildman–Crippen MR) is 134 cm³/mol. The first-order chi connectivity index (χ1) is 17.8. The molecule has 37 heavy (non-hydrogen) atoms. The van der Waals surface area contributed by atoms with Gasteiger partial charge in [-0.1, -0.05) is 48.6 Å². The number of rotatable bonds is 7. The fourth-order valence-electron chi connectivity index (χ4n) is 3.77. The molecule has 4 aromatic rings. The van der Waals surface area contributed by atoms with Crippen LogP contribution in [-0.4, -0.2) is 12.6 Å². The normalized spacial score (nSPS) is 11.1. The van der Waals surface area contributed by atoms with Crippen LogP contribution < -0.4 is 9.47 Å². The molecule has 4 aromatic carbocycles. The average Bonchev–Trinajstić information content (AvgIpc) is 2.91. The van der Waals surface area contributed by atoms with E-state index in [1.807, 2.05) is 19.1 Å². The van der Waals surface area contributed by atoms with E-state index in [-0.39, 0.29) is 29.0 Å². The van der Waals surface area contributed by atoms with Crippen molar-refractivity contribution in [1.82, 2.24) is 0 Å². The molecule has 0 unspecified atom stereocenters. The van der Waals surface area contributed by atoms with E-state index in [4.69, 9.17) is 9.47 Å². The molecule has 3 nitrogen and oxygen atoms in total. The number of carbonyl (C=O) groups excluding carboxylic acids is 1. The highest BCUT2D eigenvalue weighted by atomic mass is 19.2. The smallest absolute Gasteiger partial charge is 0.343 e. The molecular weight excluding hydrogens is 484 g/mol. The molecule has 0 N–H and O–H groups in total. The summed E-state index contributed by atoms with van der Waals surface area (Å²) in [5, 5.41) is 0. The molecule has 188 valence electrons. The highest BCUT2D eigenvalue weighted by Crippen LogP contribution is 2.32. The highest BCUT2D eigenvalue weighted by molar-refractivity contribution is 5.91. The van der Waals surface area contributed by atoms with Gasteiger partial charge in [0.1, 0.15) is 0 Å². The van der Waals surface area contributed by atoms with E-state index in [0.29, 0.717) is 11.1 Å². The molecule has 0 heterocycles. The van der Waals surface area contributed by atoms with E-state index in [1.54, 1.807) is 31.2 Å². The summed E-state index contributed by atoms with van der Waals surface area (Å²) >= 11 is 0. The molecule has 0 aliphatic rings. The topological polar surface area (TPSA) is 35.5 Å². The molecule has 0 aliphatic carbocycles. The van der Waals surface area contributed by atoms with Gasteiger partial charge in [-0.15, -0.1) is 0 Å². The zero-order valence-electron chi connectivity index (χ0n) is 20.0. The number of benzene rings is 4. The van der Waals surface area contributed by atoms with Gasteiger partial charge in [-0.25, -0.2) is 13.6 Å². The van der Waals surface area contributed by atoms with Crippen LogP contribution in [0.25, 0.3) is 28.3 Å². The van der Waals surface area contributed by atoms with Crippen molar-refractivity contribution >= 4 is 12.0 Å². The van der Waals surface area contributed by atoms with Gasteiger partial charge in [0.15, 0.2) is 23.1 Å². The first-order valence-electron chi connectivity index (χ1n) is 11.5. The van der Waals surface area contributed by atoms with Crippen molar-refractivity contribution in [2.75, 3.05) is 6.61 Å². The third-order valence-electron chi connectivity index (χ3n) is 5.61. The zero-order chi connectivity index (χ0) is 26.5. The predicted octanol–water partition coefficient (Wildman–Crippen LogP) is 8.23. The van der Waals surface area contributed by atoms with E-state index in [9.17, 15) is 22.4 Å². The van der Waals surface area contributed by atoms with Crippen LogP contribution in [0, 0.1) is 23.3 Å². The van der Waals surface area contributed by atoms with Crippen LogP contribution in [0.15, 0.2) is 78.9 Å². The minimum absolute atomic E-state index is 0.0130. The van der Waals surface area contributed by atoms with Gasteiger partial charge in [0.05, 0.1) is 12.2 Å². The molecule has 0 radical (unpaired) electrons. The van der Waals surface area contributed by atoms with Gasteiger partial charge in [0.2, 0.25) is 11.6 Å². The van der Waals surface area contributed by atoms with Crippen LogP contribution in [0.4, 0.5) is 17.6 Å². The Labute approximate surface area is 211 Å². The summed E-state index contributed by atoms with van der Waals surface area (Å²) in [5.41, 5.74) is 1.70. The molecule has 0 atom stereocenters. The summed E-state index contributed by atoms with van der Waals surface area (Å²) < 4.78 is 68.3. The second-order valence-electron chi connectivity index (χ2n) is 8.00. The second-order valence-corrected chi connectivity index (χ2v) is 8.00.